The number of hydrogen-bond donors (Lipinski definition) is 1. The van der Waals surface area contributed by atoms with E-state index in [1.807, 2.05) is 0 Å². The van der Waals surface area contributed by atoms with Gasteiger partial charge in [0.1, 0.15) is 5.82 Å². The fourth-order valence-electron chi connectivity index (χ4n) is 2.85. The zero-order chi connectivity index (χ0) is 14.6. The molecule has 1 N–H and O–H groups in total. The molecular weight excluding hydrogens is 321 g/mol. The van der Waals surface area contributed by atoms with Gasteiger partial charge in [0.15, 0.2) is 0 Å². The molecule has 1 aromatic rings. The molecule has 0 bridgehead atoms. The summed E-state index contributed by atoms with van der Waals surface area (Å²) >= 11 is 3.58. The quantitative estimate of drug-likeness (QED) is 0.816. The Morgan fingerprint density at radius 2 is 2.05 bits per heavy atom. The summed E-state index contributed by atoms with van der Waals surface area (Å²) in [7, 11) is 0. The van der Waals surface area contributed by atoms with E-state index < -0.39 is 5.82 Å². The molecule has 0 heterocycles. The van der Waals surface area contributed by atoms with Crippen molar-refractivity contribution in [3.05, 3.63) is 35.1 Å². The average molecular weight is 342 g/mol. The van der Waals surface area contributed by atoms with Gasteiger partial charge in [-0.25, -0.2) is 4.39 Å². The summed E-state index contributed by atoms with van der Waals surface area (Å²) in [5.74, 6) is -0.723. The Bertz CT molecular complexity index is 483. The molecule has 110 valence electrons. The Morgan fingerprint density at radius 1 is 1.35 bits per heavy atom. The second-order valence-corrected chi connectivity index (χ2v) is 6.37. The predicted octanol–water partition coefficient (Wildman–Crippen LogP) is 4.21. The summed E-state index contributed by atoms with van der Waals surface area (Å²) in [6.45, 7) is 2.29. The van der Waals surface area contributed by atoms with Crippen molar-refractivity contribution in [3.8, 4) is 0 Å². The normalized spacial score (nSPS) is 17.8. The van der Waals surface area contributed by atoms with Gasteiger partial charge in [-0.2, -0.15) is 0 Å². The van der Waals surface area contributed by atoms with Crippen molar-refractivity contribution >= 4 is 21.8 Å². The molecule has 1 aromatic carbocycles. The lowest BCUT2D eigenvalue weighted by Gasteiger charge is -2.35. The number of carbonyl (C=O) groups excluding carboxylic acids is 1. The molecule has 0 unspecified atom stereocenters. The maximum Gasteiger partial charge on any atom is 0.254 e. The van der Waals surface area contributed by atoms with Gasteiger partial charge in [-0.05, 0) is 36.8 Å². The molecule has 20 heavy (non-hydrogen) atoms. The van der Waals surface area contributed by atoms with Gasteiger partial charge in [0.25, 0.3) is 5.91 Å². The Hall–Kier alpha value is -0.900. The highest BCUT2D eigenvalue weighted by Gasteiger charge is 2.31. The van der Waals surface area contributed by atoms with Gasteiger partial charge in [0.05, 0.1) is 5.56 Å². The highest BCUT2D eigenvalue weighted by molar-refractivity contribution is 9.09. The summed E-state index contributed by atoms with van der Waals surface area (Å²) in [5.41, 5.74) is 0.782. The van der Waals surface area contributed by atoms with Crippen LogP contribution >= 0.6 is 15.9 Å². The third-order valence-electron chi connectivity index (χ3n) is 4.26. The molecule has 1 amide bonds. The van der Waals surface area contributed by atoms with Crippen molar-refractivity contribution in [3.63, 3.8) is 0 Å². The summed E-state index contributed by atoms with van der Waals surface area (Å²) < 4.78 is 13.9. The lowest BCUT2D eigenvalue weighted by molar-refractivity contribution is 0.0917. The van der Waals surface area contributed by atoms with Crippen LogP contribution in [0.3, 0.4) is 0 Å². The van der Waals surface area contributed by atoms with Crippen LogP contribution in [0.15, 0.2) is 18.2 Å². The van der Waals surface area contributed by atoms with Gasteiger partial charge in [-0.3, -0.25) is 4.79 Å². The van der Waals surface area contributed by atoms with Crippen LogP contribution in [-0.2, 0) is 0 Å². The van der Waals surface area contributed by atoms with E-state index in [2.05, 4.69) is 21.2 Å². The average Bonchev–Trinajstić information content (AvgIpc) is 2.48. The van der Waals surface area contributed by atoms with Crippen LogP contribution in [-0.4, -0.2) is 17.8 Å². The van der Waals surface area contributed by atoms with Gasteiger partial charge >= 0.3 is 0 Å². The minimum Gasteiger partial charge on any atom is -0.351 e. The van der Waals surface area contributed by atoms with E-state index in [4.69, 9.17) is 0 Å². The number of nitrogens with one attached hydrogen (secondary N) is 1. The topological polar surface area (TPSA) is 29.1 Å². The van der Waals surface area contributed by atoms with Gasteiger partial charge < -0.3 is 5.32 Å². The molecule has 0 saturated heterocycles. The van der Waals surface area contributed by atoms with E-state index >= 15 is 0 Å². The first kappa shape index (κ1) is 15.5. The SMILES string of the molecule is Cc1cccc(C(=O)NCC2(CBr)CCCCC2)c1F. The number of alkyl halides is 1. The number of carbonyl (C=O) groups is 1. The Balaban J connectivity index is 2.02. The molecule has 1 saturated carbocycles. The number of amides is 1. The van der Waals surface area contributed by atoms with Crippen molar-refractivity contribution < 1.29 is 9.18 Å². The molecule has 4 heteroatoms. The van der Waals surface area contributed by atoms with E-state index in [-0.39, 0.29) is 16.9 Å². The second-order valence-electron chi connectivity index (χ2n) is 5.81. The smallest absolute Gasteiger partial charge is 0.254 e. The third-order valence-corrected chi connectivity index (χ3v) is 5.45. The van der Waals surface area contributed by atoms with E-state index in [1.54, 1.807) is 25.1 Å². The lowest BCUT2D eigenvalue weighted by atomic mass is 9.75. The van der Waals surface area contributed by atoms with Crippen molar-refractivity contribution in [2.45, 2.75) is 39.0 Å². The predicted molar refractivity (Wildman–Crippen MR) is 82.8 cm³/mol. The van der Waals surface area contributed by atoms with Gasteiger partial charge in [-0.1, -0.05) is 47.3 Å². The van der Waals surface area contributed by atoms with Crippen molar-refractivity contribution in [1.82, 2.24) is 5.32 Å². The van der Waals surface area contributed by atoms with Gasteiger partial charge in [0.2, 0.25) is 0 Å². The monoisotopic (exact) mass is 341 g/mol. The van der Waals surface area contributed by atoms with Crippen LogP contribution in [0.1, 0.15) is 48.0 Å². The largest absolute Gasteiger partial charge is 0.351 e. The number of rotatable bonds is 4. The fourth-order valence-corrected chi connectivity index (χ4v) is 3.60. The molecule has 0 spiro atoms. The maximum absolute atomic E-state index is 13.9. The Labute approximate surface area is 128 Å². The van der Waals surface area contributed by atoms with E-state index in [1.165, 1.54) is 19.3 Å². The number of aryl methyl sites for hydroxylation is 1. The summed E-state index contributed by atoms with van der Waals surface area (Å²) in [6.07, 6.45) is 5.93. The third kappa shape index (κ3) is 3.40. The van der Waals surface area contributed by atoms with E-state index in [0.717, 1.165) is 18.2 Å². The fraction of sp³-hybridized carbons (Fsp3) is 0.562. The molecule has 0 aliphatic heterocycles. The maximum atomic E-state index is 13.9. The molecule has 1 fully saturated rings. The minimum atomic E-state index is -0.415. The van der Waals surface area contributed by atoms with Gasteiger partial charge in [-0.15, -0.1) is 0 Å². The summed E-state index contributed by atoms with van der Waals surface area (Å²) in [5, 5.41) is 3.81. The standard InChI is InChI=1S/C16H21BrFNO/c1-12-6-5-7-13(14(12)18)15(20)19-11-16(10-17)8-3-2-4-9-16/h5-7H,2-4,8-11H2,1H3,(H,19,20). The lowest BCUT2D eigenvalue weighted by Crippen LogP contribution is -2.40. The minimum absolute atomic E-state index is 0.133. The molecule has 0 radical (unpaired) electrons. The Morgan fingerprint density at radius 3 is 2.70 bits per heavy atom. The number of hydrogen-bond acceptors (Lipinski definition) is 1. The van der Waals surface area contributed by atoms with Crippen LogP contribution in [0, 0.1) is 18.2 Å². The zero-order valence-electron chi connectivity index (χ0n) is 11.8. The van der Waals surface area contributed by atoms with Crippen molar-refractivity contribution in [2.24, 2.45) is 5.41 Å². The zero-order valence-corrected chi connectivity index (χ0v) is 13.4. The van der Waals surface area contributed by atoms with Crippen LogP contribution in [0.5, 0.6) is 0 Å². The molecule has 1 aliphatic rings. The van der Waals surface area contributed by atoms with E-state index in [0.29, 0.717) is 12.1 Å². The van der Waals surface area contributed by atoms with E-state index in [9.17, 15) is 9.18 Å². The van der Waals surface area contributed by atoms with Crippen molar-refractivity contribution in [1.29, 1.82) is 0 Å². The number of halogens is 2. The molecule has 0 aromatic heterocycles. The van der Waals surface area contributed by atoms with Crippen LogP contribution in [0.4, 0.5) is 4.39 Å². The van der Waals surface area contributed by atoms with Crippen LogP contribution < -0.4 is 5.32 Å². The first-order valence-electron chi connectivity index (χ1n) is 7.17. The van der Waals surface area contributed by atoms with Gasteiger partial charge in [0, 0.05) is 11.9 Å². The number of benzene rings is 1. The highest BCUT2D eigenvalue weighted by atomic mass is 79.9. The molecule has 0 atom stereocenters. The van der Waals surface area contributed by atoms with Crippen LogP contribution in [0.25, 0.3) is 0 Å². The van der Waals surface area contributed by atoms with Crippen LogP contribution in [0.2, 0.25) is 0 Å². The summed E-state index contributed by atoms with van der Waals surface area (Å²) in [6, 6.07) is 4.93. The van der Waals surface area contributed by atoms with Crippen molar-refractivity contribution in [2.75, 3.05) is 11.9 Å². The molecular formula is C16H21BrFNO. The molecule has 2 rings (SSSR count). The summed E-state index contributed by atoms with van der Waals surface area (Å²) in [4.78, 5) is 12.2. The molecule has 2 nitrogen and oxygen atoms in total. The molecule has 1 aliphatic carbocycles. The highest BCUT2D eigenvalue weighted by Crippen LogP contribution is 2.37. The first-order valence-corrected chi connectivity index (χ1v) is 8.29. The second kappa shape index (κ2) is 6.70. The Kier molecular flexibility index (Phi) is 5.19. The first-order chi connectivity index (χ1) is 9.58.